The SMILES string of the molecule is Cc1cccc(NC(=O)C(C)OC(=O)C=Cc2ccc3c(c2)OCCO3)c1C. The summed E-state index contributed by atoms with van der Waals surface area (Å²) in [6.07, 6.45) is 1.97. The van der Waals surface area contributed by atoms with Gasteiger partial charge in [-0.3, -0.25) is 4.79 Å². The number of amides is 1. The highest BCUT2D eigenvalue weighted by atomic mass is 16.6. The second-order valence-electron chi connectivity index (χ2n) is 6.55. The van der Waals surface area contributed by atoms with Crippen LogP contribution in [0.5, 0.6) is 11.5 Å². The summed E-state index contributed by atoms with van der Waals surface area (Å²) < 4.78 is 16.2. The smallest absolute Gasteiger partial charge is 0.331 e. The van der Waals surface area contributed by atoms with Gasteiger partial charge in [0, 0.05) is 11.8 Å². The minimum atomic E-state index is -0.919. The fourth-order valence-corrected chi connectivity index (χ4v) is 2.72. The summed E-state index contributed by atoms with van der Waals surface area (Å²) >= 11 is 0. The lowest BCUT2D eigenvalue weighted by molar-refractivity contribution is -0.148. The number of hydrogen-bond donors (Lipinski definition) is 1. The molecular formula is C22H23NO5. The third-order valence-electron chi connectivity index (χ3n) is 4.50. The van der Waals surface area contributed by atoms with Gasteiger partial charge in [-0.1, -0.05) is 18.2 Å². The Bertz CT molecular complexity index is 919. The first-order valence-electron chi connectivity index (χ1n) is 9.09. The molecule has 0 aromatic heterocycles. The Kier molecular flexibility index (Phi) is 5.99. The molecule has 146 valence electrons. The number of nitrogens with one attached hydrogen (secondary N) is 1. The molecule has 6 heteroatoms. The molecule has 1 heterocycles. The number of hydrogen-bond acceptors (Lipinski definition) is 5. The normalized spacial score (nSPS) is 13.8. The van der Waals surface area contributed by atoms with Crippen LogP contribution in [0, 0.1) is 13.8 Å². The van der Waals surface area contributed by atoms with Crippen LogP contribution < -0.4 is 14.8 Å². The van der Waals surface area contributed by atoms with E-state index in [1.54, 1.807) is 18.2 Å². The molecule has 2 aromatic rings. The van der Waals surface area contributed by atoms with E-state index in [1.807, 2.05) is 38.1 Å². The Morgan fingerprint density at radius 3 is 2.64 bits per heavy atom. The third kappa shape index (κ3) is 4.71. The number of carbonyl (C=O) groups is 2. The number of esters is 1. The van der Waals surface area contributed by atoms with Crippen LogP contribution in [0.1, 0.15) is 23.6 Å². The van der Waals surface area contributed by atoms with Gasteiger partial charge >= 0.3 is 5.97 Å². The Morgan fingerprint density at radius 2 is 1.86 bits per heavy atom. The van der Waals surface area contributed by atoms with E-state index < -0.39 is 12.1 Å². The van der Waals surface area contributed by atoms with E-state index in [0.29, 0.717) is 30.4 Å². The van der Waals surface area contributed by atoms with Crippen LogP contribution in [-0.4, -0.2) is 31.2 Å². The van der Waals surface area contributed by atoms with Gasteiger partial charge in [-0.25, -0.2) is 4.79 Å². The summed E-state index contributed by atoms with van der Waals surface area (Å²) in [4.78, 5) is 24.4. The Hall–Kier alpha value is -3.28. The number of fused-ring (bicyclic) bond motifs is 1. The van der Waals surface area contributed by atoms with Crippen molar-refractivity contribution in [3.63, 3.8) is 0 Å². The first-order valence-corrected chi connectivity index (χ1v) is 9.09. The average Bonchev–Trinajstić information content (AvgIpc) is 2.69. The molecule has 2 aromatic carbocycles. The van der Waals surface area contributed by atoms with Gasteiger partial charge in [-0.05, 0) is 61.7 Å². The molecular weight excluding hydrogens is 358 g/mol. The number of rotatable bonds is 5. The minimum absolute atomic E-state index is 0.380. The van der Waals surface area contributed by atoms with Crippen molar-refractivity contribution in [2.45, 2.75) is 26.9 Å². The molecule has 28 heavy (non-hydrogen) atoms. The molecule has 0 fully saturated rings. The zero-order valence-corrected chi connectivity index (χ0v) is 16.2. The van der Waals surface area contributed by atoms with Crippen molar-refractivity contribution in [1.82, 2.24) is 0 Å². The summed E-state index contributed by atoms with van der Waals surface area (Å²) in [7, 11) is 0. The maximum atomic E-state index is 12.3. The molecule has 6 nitrogen and oxygen atoms in total. The van der Waals surface area contributed by atoms with Crippen LogP contribution in [0.3, 0.4) is 0 Å². The van der Waals surface area contributed by atoms with Crippen molar-refractivity contribution in [2.75, 3.05) is 18.5 Å². The summed E-state index contributed by atoms with van der Waals surface area (Å²) in [5.41, 5.74) is 3.53. The number of anilines is 1. The molecule has 1 unspecified atom stereocenters. The quantitative estimate of drug-likeness (QED) is 0.632. The van der Waals surface area contributed by atoms with Crippen molar-refractivity contribution in [1.29, 1.82) is 0 Å². The lowest BCUT2D eigenvalue weighted by Crippen LogP contribution is -2.29. The number of ether oxygens (including phenoxy) is 3. The Balaban J connectivity index is 1.57. The second-order valence-corrected chi connectivity index (χ2v) is 6.55. The minimum Gasteiger partial charge on any atom is -0.486 e. The zero-order valence-electron chi connectivity index (χ0n) is 16.2. The predicted octanol–water partition coefficient (Wildman–Crippen LogP) is 3.66. The average molecular weight is 381 g/mol. The predicted molar refractivity (Wildman–Crippen MR) is 107 cm³/mol. The molecule has 1 atom stereocenters. The molecule has 0 saturated carbocycles. The van der Waals surface area contributed by atoms with Crippen LogP contribution in [0.2, 0.25) is 0 Å². The highest BCUT2D eigenvalue weighted by molar-refractivity contribution is 5.97. The maximum Gasteiger partial charge on any atom is 0.331 e. The fourth-order valence-electron chi connectivity index (χ4n) is 2.72. The van der Waals surface area contributed by atoms with E-state index in [2.05, 4.69) is 5.32 Å². The van der Waals surface area contributed by atoms with E-state index in [0.717, 1.165) is 16.7 Å². The topological polar surface area (TPSA) is 73.9 Å². The van der Waals surface area contributed by atoms with Crippen LogP contribution in [0.4, 0.5) is 5.69 Å². The van der Waals surface area contributed by atoms with E-state index in [4.69, 9.17) is 14.2 Å². The summed E-state index contributed by atoms with van der Waals surface area (Å²) in [5.74, 6) is 0.346. The number of carbonyl (C=O) groups excluding carboxylic acids is 2. The number of benzene rings is 2. The van der Waals surface area contributed by atoms with Crippen LogP contribution in [0.25, 0.3) is 6.08 Å². The van der Waals surface area contributed by atoms with Crippen LogP contribution >= 0.6 is 0 Å². The lowest BCUT2D eigenvalue weighted by atomic mass is 10.1. The third-order valence-corrected chi connectivity index (χ3v) is 4.50. The zero-order chi connectivity index (χ0) is 20.1. The van der Waals surface area contributed by atoms with Gasteiger partial charge in [0.1, 0.15) is 13.2 Å². The van der Waals surface area contributed by atoms with E-state index >= 15 is 0 Å². The van der Waals surface area contributed by atoms with E-state index in [9.17, 15) is 9.59 Å². The van der Waals surface area contributed by atoms with Crippen molar-refractivity contribution < 1.29 is 23.8 Å². The van der Waals surface area contributed by atoms with Gasteiger partial charge in [0.05, 0.1) is 0 Å². The second kappa shape index (κ2) is 8.61. The molecule has 0 radical (unpaired) electrons. The van der Waals surface area contributed by atoms with E-state index in [-0.39, 0.29) is 5.91 Å². The first-order chi connectivity index (χ1) is 13.4. The van der Waals surface area contributed by atoms with Crippen molar-refractivity contribution in [3.8, 4) is 11.5 Å². The van der Waals surface area contributed by atoms with Crippen LogP contribution in [0.15, 0.2) is 42.5 Å². The van der Waals surface area contributed by atoms with E-state index in [1.165, 1.54) is 13.0 Å². The molecule has 0 saturated heterocycles. The van der Waals surface area contributed by atoms with Gasteiger partial charge in [0.15, 0.2) is 17.6 Å². The summed E-state index contributed by atoms with van der Waals surface area (Å²) in [6, 6.07) is 11.0. The monoisotopic (exact) mass is 381 g/mol. The number of aryl methyl sites for hydroxylation is 1. The molecule has 1 N–H and O–H groups in total. The van der Waals surface area contributed by atoms with Crippen LogP contribution in [-0.2, 0) is 14.3 Å². The molecule has 0 aliphatic carbocycles. The van der Waals surface area contributed by atoms with Gasteiger partial charge < -0.3 is 19.5 Å². The molecule has 1 amide bonds. The van der Waals surface area contributed by atoms with Crippen molar-refractivity contribution in [2.24, 2.45) is 0 Å². The summed E-state index contributed by atoms with van der Waals surface area (Å²) in [5, 5.41) is 2.79. The largest absolute Gasteiger partial charge is 0.486 e. The van der Waals surface area contributed by atoms with Gasteiger partial charge in [0.2, 0.25) is 0 Å². The molecule has 1 aliphatic rings. The summed E-state index contributed by atoms with van der Waals surface area (Å²) in [6.45, 7) is 6.46. The van der Waals surface area contributed by atoms with Gasteiger partial charge in [-0.15, -0.1) is 0 Å². The fraction of sp³-hybridized carbons (Fsp3) is 0.273. The van der Waals surface area contributed by atoms with Gasteiger partial charge in [0.25, 0.3) is 5.91 Å². The van der Waals surface area contributed by atoms with Crippen molar-refractivity contribution in [3.05, 3.63) is 59.2 Å². The lowest BCUT2D eigenvalue weighted by Gasteiger charge is -2.18. The maximum absolute atomic E-state index is 12.3. The molecule has 0 spiro atoms. The highest BCUT2D eigenvalue weighted by Gasteiger charge is 2.18. The van der Waals surface area contributed by atoms with Crippen molar-refractivity contribution >= 4 is 23.6 Å². The first kappa shape index (κ1) is 19.5. The Morgan fingerprint density at radius 1 is 1.11 bits per heavy atom. The molecule has 1 aliphatic heterocycles. The van der Waals surface area contributed by atoms with Gasteiger partial charge in [-0.2, -0.15) is 0 Å². The highest BCUT2D eigenvalue weighted by Crippen LogP contribution is 2.31. The Labute approximate surface area is 164 Å². The molecule has 0 bridgehead atoms. The standard InChI is InChI=1S/C22H23NO5/c1-14-5-4-6-18(15(14)2)23-22(25)16(3)28-21(24)10-8-17-7-9-19-20(13-17)27-12-11-26-19/h4-10,13,16H,11-12H2,1-3H3,(H,23,25). The molecule has 3 rings (SSSR count).